The van der Waals surface area contributed by atoms with Crippen LogP contribution >= 0.6 is 0 Å². The van der Waals surface area contributed by atoms with Gasteiger partial charge in [0, 0.05) is 13.0 Å². The molecule has 0 aromatic heterocycles. The summed E-state index contributed by atoms with van der Waals surface area (Å²) in [5, 5.41) is 11.7. The summed E-state index contributed by atoms with van der Waals surface area (Å²) in [5.74, 6) is -2.24. The normalized spacial score (nSPS) is 20.1. The number of nitrogens with zero attached hydrogens (tertiary/aromatic N) is 1. The van der Waals surface area contributed by atoms with Crippen molar-refractivity contribution in [1.82, 2.24) is 10.2 Å². The molecule has 2 amide bonds. The minimum absolute atomic E-state index is 0.0806. The fourth-order valence-corrected chi connectivity index (χ4v) is 2.98. The van der Waals surface area contributed by atoms with Crippen molar-refractivity contribution in [1.29, 1.82) is 0 Å². The zero-order chi connectivity index (χ0) is 17.9. The molecule has 1 fully saturated rings. The molecule has 0 radical (unpaired) electrons. The third-order valence-electron chi connectivity index (χ3n) is 4.51. The highest BCUT2D eigenvalue weighted by atomic mass is 16.4. The molecular weight excluding hydrogens is 308 g/mol. The van der Waals surface area contributed by atoms with Gasteiger partial charge in [0.05, 0.1) is 12.0 Å². The molecule has 0 spiro atoms. The molecule has 1 aromatic rings. The summed E-state index contributed by atoms with van der Waals surface area (Å²) in [6, 6.07) is 8.59. The molecule has 6 heteroatoms. The number of nitrogens with one attached hydrogen (secondary N) is 1. The zero-order valence-electron chi connectivity index (χ0n) is 14.2. The van der Waals surface area contributed by atoms with Gasteiger partial charge in [0.15, 0.2) is 0 Å². The van der Waals surface area contributed by atoms with E-state index in [4.69, 9.17) is 0 Å². The van der Waals surface area contributed by atoms with Crippen LogP contribution in [0.3, 0.4) is 0 Å². The summed E-state index contributed by atoms with van der Waals surface area (Å²) in [7, 11) is 0. The summed E-state index contributed by atoms with van der Waals surface area (Å²) >= 11 is 0. The van der Waals surface area contributed by atoms with Crippen LogP contribution in [0.4, 0.5) is 0 Å². The van der Waals surface area contributed by atoms with E-state index >= 15 is 0 Å². The van der Waals surface area contributed by atoms with Gasteiger partial charge in [-0.2, -0.15) is 0 Å². The topological polar surface area (TPSA) is 86.7 Å². The van der Waals surface area contributed by atoms with Crippen molar-refractivity contribution in [2.45, 2.75) is 39.3 Å². The van der Waals surface area contributed by atoms with Crippen LogP contribution in [0.25, 0.3) is 0 Å². The summed E-state index contributed by atoms with van der Waals surface area (Å²) in [4.78, 5) is 37.6. The summed E-state index contributed by atoms with van der Waals surface area (Å²) in [5.41, 5.74) is 1.01. The van der Waals surface area contributed by atoms with E-state index in [1.165, 1.54) is 0 Å². The summed E-state index contributed by atoms with van der Waals surface area (Å²) in [6.45, 7) is 5.72. The molecule has 0 bridgehead atoms. The molecule has 130 valence electrons. The number of likely N-dealkylation sites (tertiary alicyclic amines) is 1. The van der Waals surface area contributed by atoms with Gasteiger partial charge < -0.3 is 15.3 Å². The monoisotopic (exact) mass is 332 g/mol. The van der Waals surface area contributed by atoms with Crippen molar-refractivity contribution >= 4 is 17.8 Å². The van der Waals surface area contributed by atoms with E-state index in [9.17, 15) is 19.5 Å². The number of carbonyl (C=O) groups excluding carboxylic acids is 2. The highest BCUT2D eigenvalue weighted by Gasteiger charge is 2.38. The van der Waals surface area contributed by atoms with Crippen molar-refractivity contribution in [3.05, 3.63) is 35.9 Å². The van der Waals surface area contributed by atoms with Gasteiger partial charge in [-0.15, -0.1) is 0 Å². The van der Waals surface area contributed by atoms with Gasteiger partial charge in [-0.3, -0.25) is 9.59 Å². The number of carboxylic acid groups (broad SMARTS) is 1. The summed E-state index contributed by atoms with van der Waals surface area (Å²) < 4.78 is 0. The molecule has 0 aliphatic carbocycles. The molecule has 3 atom stereocenters. The Morgan fingerprint density at radius 2 is 1.83 bits per heavy atom. The van der Waals surface area contributed by atoms with Crippen LogP contribution in [0.5, 0.6) is 0 Å². The molecule has 2 N–H and O–H groups in total. The number of carboxylic acids is 1. The number of hydrogen-bond donors (Lipinski definition) is 2. The highest BCUT2D eigenvalue weighted by Crippen LogP contribution is 2.28. The predicted molar refractivity (Wildman–Crippen MR) is 89.1 cm³/mol. The van der Waals surface area contributed by atoms with E-state index in [-0.39, 0.29) is 30.2 Å². The lowest BCUT2D eigenvalue weighted by Crippen LogP contribution is -2.47. The first-order valence-electron chi connectivity index (χ1n) is 8.18. The molecule has 1 aliphatic rings. The maximum atomic E-state index is 12.4. The third-order valence-corrected chi connectivity index (χ3v) is 4.51. The first kappa shape index (κ1) is 18.0. The van der Waals surface area contributed by atoms with E-state index in [0.717, 1.165) is 5.56 Å². The fourth-order valence-electron chi connectivity index (χ4n) is 2.98. The molecule has 1 aliphatic heterocycles. The average molecular weight is 332 g/mol. The highest BCUT2D eigenvalue weighted by molar-refractivity contribution is 5.91. The minimum atomic E-state index is -1.06. The van der Waals surface area contributed by atoms with Crippen LogP contribution in [0.1, 0.15) is 38.8 Å². The Morgan fingerprint density at radius 3 is 2.38 bits per heavy atom. The van der Waals surface area contributed by atoms with E-state index in [1.54, 1.807) is 18.7 Å². The van der Waals surface area contributed by atoms with Gasteiger partial charge in [0.25, 0.3) is 0 Å². The predicted octanol–water partition coefficient (Wildman–Crippen LogP) is 1.82. The van der Waals surface area contributed by atoms with Crippen LogP contribution in [-0.2, 0) is 14.4 Å². The fraction of sp³-hybridized carbons (Fsp3) is 0.500. The van der Waals surface area contributed by atoms with Crippen LogP contribution in [0.2, 0.25) is 0 Å². The average Bonchev–Trinajstić information content (AvgIpc) is 2.93. The Hall–Kier alpha value is -2.37. The maximum Gasteiger partial charge on any atom is 0.326 e. The first-order chi connectivity index (χ1) is 11.3. The smallest absolute Gasteiger partial charge is 0.326 e. The maximum absolute atomic E-state index is 12.4. The van der Waals surface area contributed by atoms with Crippen molar-refractivity contribution in [3.8, 4) is 0 Å². The van der Waals surface area contributed by atoms with Gasteiger partial charge >= 0.3 is 5.97 Å². The van der Waals surface area contributed by atoms with Crippen LogP contribution in [0.15, 0.2) is 30.3 Å². The Kier molecular flexibility index (Phi) is 5.59. The quantitative estimate of drug-likeness (QED) is 0.832. The Labute approximate surface area is 141 Å². The lowest BCUT2D eigenvalue weighted by molar-refractivity contribution is -0.143. The van der Waals surface area contributed by atoms with Crippen LogP contribution < -0.4 is 5.32 Å². The van der Waals surface area contributed by atoms with Gasteiger partial charge in [-0.25, -0.2) is 4.79 Å². The molecule has 2 unspecified atom stereocenters. The number of carbonyl (C=O) groups is 3. The zero-order valence-corrected chi connectivity index (χ0v) is 14.2. The molecule has 24 heavy (non-hydrogen) atoms. The largest absolute Gasteiger partial charge is 0.480 e. The summed E-state index contributed by atoms with van der Waals surface area (Å²) in [6.07, 6.45) is 0.118. The van der Waals surface area contributed by atoms with Crippen molar-refractivity contribution < 1.29 is 19.5 Å². The lowest BCUT2D eigenvalue weighted by atomic mass is 10.0. The van der Waals surface area contributed by atoms with E-state index in [1.807, 2.05) is 37.3 Å². The van der Waals surface area contributed by atoms with Crippen molar-refractivity contribution in [3.63, 3.8) is 0 Å². The van der Waals surface area contributed by atoms with Crippen LogP contribution in [0, 0.1) is 11.8 Å². The number of rotatable bonds is 6. The van der Waals surface area contributed by atoms with Crippen molar-refractivity contribution in [2.24, 2.45) is 11.8 Å². The molecule has 2 rings (SSSR count). The second-order valence-corrected chi connectivity index (χ2v) is 6.60. The second-order valence-electron chi connectivity index (χ2n) is 6.60. The first-order valence-corrected chi connectivity index (χ1v) is 8.18. The number of aliphatic carboxylic acids is 1. The van der Waals surface area contributed by atoms with E-state index < -0.39 is 17.9 Å². The molecule has 1 saturated heterocycles. The molecule has 1 heterocycles. The Morgan fingerprint density at radius 1 is 1.21 bits per heavy atom. The van der Waals surface area contributed by atoms with Crippen LogP contribution in [-0.4, -0.2) is 40.4 Å². The Bertz CT molecular complexity index is 615. The van der Waals surface area contributed by atoms with E-state index in [0.29, 0.717) is 6.54 Å². The van der Waals surface area contributed by atoms with E-state index in [2.05, 4.69) is 5.32 Å². The molecule has 0 saturated carbocycles. The molecule has 6 nitrogen and oxygen atoms in total. The van der Waals surface area contributed by atoms with Gasteiger partial charge in [0.1, 0.15) is 6.04 Å². The lowest BCUT2D eigenvalue weighted by Gasteiger charge is -2.25. The van der Waals surface area contributed by atoms with Gasteiger partial charge in [-0.05, 0) is 18.4 Å². The van der Waals surface area contributed by atoms with Crippen molar-refractivity contribution in [2.75, 3.05) is 6.54 Å². The SMILES string of the molecule is CC(C)[C@@H](NC(=O)C1CC(=O)N(C(C)c2ccccc2)C1)C(=O)O. The number of benzene rings is 1. The van der Waals surface area contributed by atoms with Gasteiger partial charge in [0.2, 0.25) is 11.8 Å². The Balaban J connectivity index is 2.03. The molecule has 1 aromatic carbocycles. The molecular formula is C18H24N2O4. The third kappa shape index (κ3) is 3.93. The second kappa shape index (κ2) is 7.47. The number of hydrogen-bond acceptors (Lipinski definition) is 3. The van der Waals surface area contributed by atoms with Gasteiger partial charge in [-0.1, -0.05) is 44.2 Å². The minimum Gasteiger partial charge on any atom is -0.480 e. The standard InChI is InChI=1S/C18H24N2O4/c1-11(2)16(18(23)24)19-17(22)14-9-15(21)20(10-14)12(3)13-7-5-4-6-8-13/h4-8,11-12,14,16H,9-10H2,1-3H3,(H,19,22)(H,23,24)/t12?,14?,16-/m1/s1. The number of amides is 2.